The number of aliphatic imine (C=N–C) groups is 1. The summed E-state index contributed by atoms with van der Waals surface area (Å²) in [6.07, 6.45) is 0. The average Bonchev–Trinajstić information content (AvgIpc) is 2.34. The fourth-order valence-electron chi connectivity index (χ4n) is 1.43. The first-order chi connectivity index (χ1) is 9.00. The fourth-order valence-corrected chi connectivity index (χ4v) is 1.65. The van der Waals surface area contributed by atoms with Crippen LogP contribution in [0.5, 0.6) is 0 Å². The number of benzene rings is 1. The van der Waals surface area contributed by atoms with Crippen molar-refractivity contribution in [1.29, 1.82) is 0 Å². The summed E-state index contributed by atoms with van der Waals surface area (Å²) in [4.78, 5) is 15.9. The van der Waals surface area contributed by atoms with Gasteiger partial charge in [0.05, 0.1) is 17.1 Å². The SMILES string of the molecule is CC(C)NC(N)=NCCNC(=O)c1ccccc1Cl.I. The van der Waals surface area contributed by atoms with Gasteiger partial charge in [-0.15, -0.1) is 24.0 Å². The summed E-state index contributed by atoms with van der Waals surface area (Å²) in [5.74, 6) is 0.165. The Hall–Kier alpha value is -1.02. The van der Waals surface area contributed by atoms with Gasteiger partial charge in [-0.2, -0.15) is 0 Å². The maximum absolute atomic E-state index is 11.8. The fraction of sp³-hybridized carbons (Fsp3) is 0.385. The highest BCUT2D eigenvalue weighted by Gasteiger charge is 2.07. The predicted octanol–water partition coefficient (Wildman–Crippen LogP) is 2.00. The Balaban J connectivity index is 0.00000361. The highest BCUT2D eigenvalue weighted by atomic mass is 127. The lowest BCUT2D eigenvalue weighted by atomic mass is 10.2. The molecule has 0 aliphatic carbocycles. The molecule has 1 rings (SSSR count). The van der Waals surface area contributed by atoms with Crippen molar-refractivity contribution in [2.45, 2.75) is 19.9 Å². The van der Waals surface area contributed by atoms with Crippen LogP contribution in [0.1, 0.15) is 24.2 Å². The lowest BCUT2D eigenvalue weighted by Crippen LogP contribution is -2.37. The lowest BCUT2D eigenvalue weighted by Gasteiger charge is -2.09. The zero-order valence-corrected chi connectivity index (χ0v) is 14.6. The first kappa shape index (κ1) is 19.0. The van der Waals surface area contributed by atoms with Gasteiger partial charge in [-0.3, -0.25) is 9.79 Å². The molecule has 0 heterocycles. The van der Waals surface area contributed by atoms with Crippen molar-refractivity contribution in [3.8, 4) is 0 Å². The van der Waals surface area contributed by atoms with Crippen LogP contribution in [-0.2, 0) is 0 Å². The van der Waals surface area contributed by atoms with Crippen molar-refractivity contribution < 1.29 is 4.79 Å². The Bertz CT molecular complexity index is 465. The van der Waals surface area contributed by atoms with E-state index in [-0.39, 0.29) is 35.9 Å². The number of hydrogen-bond donors (Lipinski definition) is 3. The van der Waals surface area contributed by atoms with Crippen LogP contribution in [0.2, 0.25) is 5.02 Å². The summed E-state index contributed by atoms with van der Waals surface area (Å²) >= 11 is 5.92. The summed E-state index contributed by atoms with van der Waals surface area (Å²) in [5, 5.41) is 6.13. The van der Waals surface area contributed by atoms with Gasteiger partial charge in [-0.25, -0.2) is 0 Å². The lowest BCUT2D eigenvalue weighted by molar-refractivity contribution is 0.0955. The molecule has 4 N–H and O–H groups in total. The number of rotatable bonds is 5. The van der Waals surface area contributed by atoms with Gasteiger partial charge in [0, 0.05) is 12.6 Å². The Kier molecular flexibility index (Phi) is 9.32. The Labute approximate surface area is 141 Å². The Morgan fingerprint density at radius 3 is 2.65 bits per heavy atom. The van der Waals surface area contributed by atoms with Crippen molar-refractivity contribution in [3.05, 3.63) is 34.9 Å². The predicted molar refractivity (Wildman–Crippen MR) is 94.0 cm³/mol. The van der Waals surface area contributed by atoms with Crippen LogP contribution in [0.3, 0.4) is 0 Å². The molecule has 5 nitrogen and oxygen atoms in total. The molecule has 0 spiro atoms. The second-order valence-electron chi connectivity index (χ2n) is 4.30. The number of amides is 1. The summed E-state index contributed by atoms with van der Waals surface area (Å²) in [5.41, 5.74) is 6.09. The van der Waals surface area contributed by atoms with E-state index in [1.807, 2.05) is 13.8 Å². The molecule has 0 bridgehead atoms. The third-order valence-electron chi connectivity index (χ3n) is 2.23. The van der Waals surface area contributed by atoms with E-state index in [9.17, 15) is 4.79 Å². The molecule has 7 heteroatoms. The number of guanidine groups is 1. The van der Waals surface area contributed by atoms with E-state index in [2.05, 4.69) is 15.6 Å². The molecule has 0 aliphatic heterocycles. The molecule has 20 heavy (non-hydrogen) atoms. The summed E-state index contributed by atoms with van der Waals surface area (Å²) in [6, 6.07) is 7.14. The van der Waals surface area contributed by atoms with Gasteiger partial charge < -0.3 is 16.4 Å². The molecule has 1 aromatic rings. The van der Waals surface area contributed by atoms with E-state index < -0.39 is 0 Å². The summed E-state index contributed by atoms with van der Waals surface area (Å²) < 4.78 is 0. The van der Waals surface area contributed by atoms with Crippen LogP contribution >= 0.6 is 35.6 Å². The zero-order valence-electron chi connectivity index (χ0n) is 11.5. The molecular formula is C13H20ClIN4O. The van der Waals surface area contributed by atoms with Crippen LogP contribution in [0.4, 0.5) is 0 Å². The third-order valence-corrected chi connectivity index (χ3v) is 2.56. The largest absolute Gasteiger partial charge is 0.370 e. The molecule has 0 radical (unpaired) electrons. The van der Waals surface area contributed by atoms with Crippen LogP contribution in [0, 0.1) is 0 Å². The van der Waals surface area contributed by atoms with Gasteiger partial charge in [0.2, 0.25) is 0 Å². The van der Waals surface area contributed by atoms with Crippen molar-refractivity contribution in [3.63, 3.8) is 0 Å². The number of nitrogens with one attached hydrogen (secondary N) is 2. The van der Waals surface area contributed by atoms with E-state index in [1.165, 1.54) is 0 Å². The summed E-state index contributed by atoms with van der Waals surface area (Å²) in [7, 11) is 0. The third kappa shape index (κ3) is 6.95. The van der Waals surface area contributed by atoms with Gasteiger partial charge in [0.15, 0.2) is 5.96 Å². The van der Waals surface area contributed by atoms with E-state index >= 15 is 0 Å². The minimum absolute atomic E-state index is 0. The molecule has 1 amide bonds. The van der Waals surface area contributed by atoms with Gasteiger partial charge in [0.1, 0.15) is 0 Å². The first-order valence-corrected chi connectivity index (χ1v) is 6.47. The monoisotopic (exact) mass is 410 g/mol. The Morgan fingerprint density at radius 2 is 2.05 bits per heavy atom. The molecule has 0 fully saturated rings. The van der Waals surface area contributed by atoms with Crippen molar-refractivity contribution in [2.75, 3.05) is 13.1 Å². The minimum Gasteiger partial charge on any atom is -0.370 e. The zero-order chi connectivity index (χ0) is 14.3. The molecule has 0 unspecified atom stereocenters. The smallest absolute Gasteiger partial charge is 0.252 e. The standard InChI is InChI=1S/C13H19ClN4O.HI/c1-9(2)18-13(15)17-8-7-16-12(19)10-5-3-4-6-11(10)14;/h3-6,9H,7-8H2,1-2H3,(H,16,19)(H3,15,17,18);1H. The van der Waals surface area contributed by atoms with Crippen LogP contribution in [0.15, 0.2) is 29.3 Å². The molecule has 0 saturated carbocycles. The molecule has 0 aromatic heterocycles. The maximum atomic E-state index is 11.8. The molecule has 112 valence electrons. The second-order valence-corrected chi connectivity index (χ2v) is 4.71. The second kappa shape index (κ2) is 9.82. The first-order valence-electron chi connectivity index (χ1n) is 6.10. The number of halogens is 2. The molecule has 0 atom stereocenters. The van der Waals surface area contributed by atoms with Crippen molar-refractivity contribution in [2.24, 2.45) is 10.7 Å². The van der Waals surface area contributed by atoms with Gasteiger partial charge in [-0.05, 0) is 26.0 Å². The highest BCUT2D eigenvalue weighted by molar-refractivity contribution is 14.0. The van der Waals surface area contributed by atoms with Crippen molar-refractivity contribution >= 4 is 47.4 Å². The molecule has 0 aliphatic rings. The Morgan fingerprint density at radius 1 is 1.40 bits per heavy atom. The van der Waals surface area contributed by atoms with Gasteiger partial charge >= 0.3 is 0 Å². The summed E-state index contributed by atoms with van der Waals surface area (Å²) in [6.45, 7) is 4.77. The minimum atomic E-state index is -0.212. The van der Waals surface area contributed by atoms with E-state index in [0.717, 1.165) is 0 Å². The normalized spacial score (nSPS) is 10.9. The maximum Gasteiger partial charge on any atom is 0.252 e. The number of carbonyl (C=O) groups excluding carboxylic acids is 1. The van der Waals surface area contributed by atoms with E-state index in [4.69, 9.17) is 17.3 Å². The quantitative estimate of drug-likeness (QED) is 0.301. The highest BCUT2D eigenvalue weighted by Crippen LogP contribution is 2.14. The van der Waals surface area contributed by atoms with E-state index in [1.54, 1.807) is 24.3 Å². The van der Waals surface area contributed by atoms with Crippen LogP contribution in [-0.4, -0.2) is 31.0 Å². The number of hydrogen-bond acceptors (Lipinski definition) is 2. The number of nitrogens with two attached hydrogens (primary N) is 1. The number of carbonyl (C=O) groups is 1. The molecular weight excluding hydrogens is 391 g/mol. The van der Waals surface area contributed by atoms with E-state index in [0.29, 0.717) is 29.6 Å². The van der Waals surface area contributed by atoms with Crippen LogP contribution < -0.4 is 16.4 Å². The van der Waals surface area contributed by atoms with Gasteiger partial charge in [-0.1, -0.05) is 23.7 Å². The molecule has 1 aromatic carbocycles. The average molecular weight is 411 g/mol. The van der Waals surface area contributed by atoms with Crippen molar-refractivity contribution in [1.82, 2.24) is 10.6 Å². The van der Waals surface area contributed by atoms with Gasteiger partial charge in [0.25, 0.3) is 5.91 Å². The number of nitrogens with zero attached hydrogens (tertiary/aromatic N) is 1. The van der Waals surface area contributed by atoms with Crippen LogP contribution in [0.25, 0.3) is 0 Å². The molecule has 0 saturated heterocycles. The topological polar surface area (TPSA) is 79.5 Å².